The zero-order chi connectivity index (χ0) is 18.8. The van der Waals surface area contributed by atoms with E-state index in [-0.39, 0.29) is 36.8 Å². The van der Waals surface area contributed by atoms with Crippen LogP contribution in [0.15, 0.2) is 18.2 Å². The van der Waals surface area contributed by atoms with E-state index < -0.39 is 25.9 Å². The Bertz CT molecular complexity index is 863. The van der Waals surface area contributed by atoms with Crippen molar-refractivity contribution in [3.05, 3.63) is 29.3 Å². The van der Waals surface area contributed by atoms with Crippen molar-refractivity contribution in [2.24, 2.45) is 0 Å². The number of hydrogen-bond acceptors (Lipinski definition) is 5. The summed E-state index contributed by atoms with van der Waals surface area (Å²) in [6.07, 6.45) is 1.28. The zero-order valence-electron chi connectivity index (χ0n) is 14.6. The third kappa shape index (κ3) is 5.52. The summed E-state index contributed by atoms with van der Waals surface area (Å²) in [5, 5.41) is 2.74. The molecule has 140 valence electrons. The van der Waals surface area contributed by atoms with Gasteiger partial charge in [-0.05, 0) is 43.5 Å². The smallest absolute Gasteiger partial charge is 0.225 e. The summed E-state index contributed by atoms with van der Waals surface area (Å²) >= 11 is 0. The van der Waals surface area contributed by atoms with E-state index in [9.17, 15) is 21.6 Å². The Balaban J connectivity index is 2.00. The van der Waals surface area contributed by atoms with E-state index in [1.807, 2.05) is 26.0 Å². The lowest BCUT2D eigenvalue weighted by Gasteiger charge is -2.25. The molecular formula is C16H24N2O5S2. The Kier molecular flexibility index (Phi) is 5.90. The van der Waals surface area contributed by atoms with Crippen LogP contribution in [-0.4, -0.2) is 57.4 Å². The number of anilines is 1. The molecule has 2 rings (SSSR count). The van der Waals surface area contributed by atoms with Gasteiger partial charge in [-0.1, -0.05) is 6.07 Å². The Morgan fingerprint density at radius 3 is 2.48 bits per heavy atom. The lowest BCUT2D eigenvalue weighted by atomic mass is 10.1. The third-order valence-corrected chi connectivity index (χ3v) is 7.47. The molecule has 7 nitrogen and oxygen atoms in total. The minimum atomic E-state index is -3.59. The summed E-state index contributed by atoms with van der Waals surface area (Å²) in [7, 11) is -6.79. The zero-order valence-corrected chi connectivity index (χ0v) is 16.3. The van der Waals surface area contributed by atoms with Crippen LogP contribution in [-0.2, 0) is 24.7 Å². The third-order valence-electron chi connectivity index (χ3n) is 4.39. The Morgan fingerprint density at radius 2 is 1.96 bits per heavy atom. The van der Waals surface area contributed by atoms with Gasteiger partial charge in [0.25, 0.3) is 0 Å². The van der Waals surface area contributed by atoms with Gasteiger partial charge in [0.05, 0.1) is 17.8 Å². The minimum absolute atomic E-state index is 0.0154. The number of hydrogen-bond donors (Lipinski definition) is 1. The first-order valence-electron chi connectivity index (χ1n) is 8.02. The maximum absolute atomic E-state index is 12.1. The average Bonchev–Trinajstić information content (AvgIpc) is 2.81. The predicted molar refractivity (Wildman–Crippen MR) is 97.8 cm³/mol. The van der Waals surface area contributed by atoms with E-state index in [1.165, 1.54) is 0 Å². The molecule has 0 bridgehead atoms. The summed E-state index contributed by atoms with van der Waals surface area (Å²) in [5.41, 5.74) is 2.82. The molecule has 1 amide bonds. The number of aryl methyl sites for hydroxylation is 2. The fourth-order valence-electron chi connectivity index (χ4n) is 2.88. The summed E-state index contributed by atoms with van der Waals surface area (Å²) in [5.74, 6) is -0.505. The molecule has 0 aromatic heterocycles. The first-order valence-corrected chi connectivity index (χ1v) is 11.7. The van der Waals surface area contributed by atoms with Crippen LogP contribution in [0.25, 0.3) is 0 Å². The molecule has 1 aromatic carbocycles. The second-order valence-electron chi connectivity index (χ2n) is 6.53. The molecule has 1 N–H and O–H groups in total. The van der Waals surface area contributed by atoms with Gasteiger partial charge in [0.1, 0.15) is 0 Å². The van der Waals surface area contributed by atoms with Gasteiger partial charge in [-0.15, -0.1) is 0 Å². The molecule has 1 aliphatic heterocycles. The van der Waals surface area contributed by atoms with Gasteiger partial charge in [-0.3, -0.25) is 4.79 Å². The van der Waals surface area contributed by atoms with Crippen molar-refractivity contribution in [1.82, 2.24) is 4.31 Å². The number of benzene rings is 1. The maximum Gasteiger partial charge on any atom is 0.225 e. The SMILES string of the molecule is Cc1ccc(NC(=O)CCN(C2CCS(=O)(=O)C2)S(C)(=O)=O)cc1C. The second kappa shape index (κ2) is 7.43. The molecule has 1 aromatic rings. The van der Waals surface area contributed by atoms with Crippen molar-refractivity contribution in [1.29, 1.82) is 0 Å². The lowest BCUT2D eigenvalue weighted by Crippen LogP contribution is -2.42. The average molecular weight is 389 g/mol. The van der Waals surface area contributed by atoms with E-state index in [1.54, 1.807) is 6.07 Å². The summed E-state index contributed by atoms with van der Waals surface area (Å²) < 4.78 is 48.3. The van der Waals surface area contributed by atoms with Gasteiger partial charge in [-0.2, -0.15) is 4.31 Å². The Hall–Kier alpha value is -1.45. The van der Waals surface area contributed by atoms with Crippen molar-refractivity contribution in [3.8, 4) is 0 Å². The summed E-state index contributed by atoms with van der Waals surface area (Å²) in [6.45, 7) is 3.88. The maximum atomic E-state index is 12.1. The fourth-order valence-corrected chi connectivity index (χ4v) is 5.85. The molecule has 1 heterocycles. The van der Waals surface area contributed by atoms with Crippen LogP contribution in [0.5, 0.6) is 0 Å². The summed E-state index contributed by atoms with van der Waals surface area (Å²) in [4.78, 5) is 12.1. The van der Waals surface area contributed by atoms with E-state index in [4.69, 9.17) is 0 Å². The van der Waals surface area contributed by atoms with Crippen molar-refractivity contribution >= 4 is 31.5 Å². The van der Waals surface area contributed by atoms with Crippen LogP contribution in [0, 0.1) is 13.8 Å². The first-order chi connectivity index (χ1) is 11.5. The van der Waals surface area contributed by atoms with Crippen LogP contribution in [0.4, 0.5) is 5.69 Å². The number of nitrogens with zero attached hydrogens (tertiary/aromatic N) is 1. The monoisotopic (exact) mass is 388 g/mol. The number of carbonyl (C=O) groups excluding carboxylic acids is 1. The molecule has 0 aliphatic carbocycles. The van der Waals surface area contributed by atoms with Crippen molar-refractivity contribution < 1.29 is 21.6 Å². The molecule has 9 heteroatoms. The number of sulfone groups is 1. The van der Waals surface area contributed by atoms with Gasteiger partial charge >= 0.3 is 0 Å². The molecule has 1 fully saturated rings. The molecule has 0 saturated carbocycles. The predicted octanol–water partition coefficient (Wildman–Crippen LogP) is 1.08. The highest BCUT2D eigenvalue weighted by Crippen LogP contribution is 2.21. The largest absolute Gasteiger partial charge is 0.326 e. The topological polar surface area (TPSA) is 101 Å². The second-order valence-corrected chi connectivity index (χ2v) is 10.7. The van der Waals surface area contributed by atoms with E-state index in [2.05, 4.69) is 5.32 Å². The van der Waals surface area contributed by atoms with Gasteiger partial charge in [0.2, 0.25) is 15.9 Å². The number of rotatable bonds is 6. The van der Waals surface area contributed by atoms with Gasteiger partial charge in [0.15, 0.2) is 9.84 Å². The highest BCUT2D eigenvalue weighted by Gasteiger charge is 2.36. The fraction of sp³-hybridized carbons (Fsp3) is 0.562. The van der Waals surface area contributed by atoms with Crippen LogP contribution in [0.2, 0.25) is 0 Å². The lowest BCUT2D eigenvalue weighted by molar-refractivity contribution is -0.116. The number of carbonyl (C=O) groups is 1. The summed E-state index contributed by atoms with van der Waals surface area (Å²) in [6, 6.07) is 4.95. The van der Waals surface area contributed by atoms with Gasteiger partial charge in [-0.25, -0.2) is 16.8 Å². The van der Waals surface area contributed by atoms with Crippen LogP contribution in [0.3, 0.4) is 0 Å². The highest BCUT2D eigenvalue weighted by molar-refractivity contribution is 7.92. The van der Waals surface area contributed by atoms with E-state index in [0.717, 1.165) is 21.7 Å². The Morgan fingerprint density at radius 1 is 1.28 bits per heavy atom. The van der Waals surface area contributed by atoms with Crippen LogP contribution in [0.1, 0.15) is 24.0 Å². The first kappa shape index (κ1) is 19.9. The van der Waals surface area contributed by atoms with Crippen LogP contribution < -0.4 is 5.32 Å². The van der Waals surface area contributed by atoms with Crippen molar-refractivity contribution in [2.75, 3.05) is 29.6 Å². The number of amides is 1. The molecule has 0 radical (unpaired) electrons. The molecule has 1 unspecified atom stereocenters. The molecule has 0 spiro atoms. The molecule has 1 atom stereocenters. The number of sulfonamides is 1. The standard InChI is InChI=1S/C16H24N2O5S2/c1-12-4-5-14(10-13(12)2)17-16(19)6-8-18(24(3,20)21)15-7-9-25(22,23)11-15/h4-5,10,15H,6-9,11H2,1-3H3,(H,17,19). The quantitative estimate of drug-likeness (QED) is 0.786. The van der Waals surface area contributed by atoms with E-state index >= 15 is 0 Å². The molecule has 25 heavy (non-hydrogen) atoms. The van der Waals surface area contributed by atoms with Crippen LogP contribution >= 0.6 is 0 Å². The van der Waals surface area contributed by atoms with E-state index in [0.29, 0.717) is 5.69 Å². The molecule has 1 aliphatic rings. The molecule has 1 saturated heterocycles. The molecular weight excluding hydrogens is 364 g/mol. The highest BCUT2D eigenvalue weighted by atomic mass is 32.2. The van der Waals surface area contributed by atoms with Crippen molar-refractivity contribution in [3.63, 3.8) is 0 Å². The number of nitrogens with one attached hydrogen (secondary N) is 1. The van der Waals surface area contributed by atoms with Crippen molar-refractivity contribution in [2.45, 2.75) is 32.7 Å². The van der Waals surface area contributed by atoms with Gasteiger partial charge < -0.3 is 5.32 Å². The minimum Gasteiger partial charge on any atom is -0.326 e. The normalized spacial score (nSPS) is 19.9. The van der Waals surface area contributed by atoms with Gasteiger partial charge in [0, 0.05) is 24.7 Å². The Labute approximate surface area is 149 Å².